The van der Waals surface area contributed by atoms with Crippen LogP contribution in [0.2, 0.25) is 0 Å². The standard InChI is InChI=1S/C42H28N4O4/c1-5-23-17-27-13-14-28-18-25-7-3-11-33-37(25)44-40(28)39(27)43-35(23)31(9-1)47-21-48-32-10-2-6-24-19-29-15-16-30-20-26-8-4-12-34(50-22-49-33)38(26)46-42(30)41(29)45-36(24)32/h1-12,17-20H,13-16,21-22H2. The van der Waals surface area contributed by atoms with Crippen molar-refractivity contribution in [3.63, 3.8) is 0 Å². The summed E-state index contributed by atoms with van der Waals surface area (Å²) in [5, 5.41) is 4.06. The Morgan fingerprint density at radius 3 is 0.860 bits per heavy atom. The van der Waals surface area contributed by atoms with Crippen molar-refractivity contribution in [3.8, 4) is 45.8 Å². The van der Waals surface area contributed by atoms with E-state index < -0.39 is 0 Å². The Bertz CT molecular complexity index is 2370. The van der Waals surface area contributed by atoms with Crippen LogP contribution >= 0.6 is 0 Å². The van der Waals surface area contributed by atoms with Crippen molar-refractivity contribution in [2.45, 2.75) is 25.7 Å². The monoisotopic (exact) mass is 652 g/mol. The zero-order chi connectivity index (χ0) is 32.8. The van der Waals surface area contributed by atoms with E-state index in [-0.39, 0.29) is 13.6 Å². The number of aromatic nitrogens is 4. The summed E-state index contributed by atoms with van der Waals surface area (Å²) in [6.07, 6.45) is 3.54. The molecule has 0 amide bonds. The van der Waals surface area contributed by atoms with E-state index in [0.717, 1.165) is 114 Å². The van der Waals surface area contributed by atoms with E-state index in [4.69, 9.17) is 38.9 Å². The summed E-state index contributed by atoms with van der Waals surface area (Å²) in [5.74, 6) is 2.58. The predicted molar refractivity (Wildman–Crippen MR) is 192 cm³/mol. The number of hydrogen-bond donors (Lipinski definition) is 0. The number of aryl methyl sites for hydroxylation is 4. The third-order valence-electron chi connectivity index (χ3n) is 10.2. The van der Waals surface area contributed by atoms with Crippen LogP contribution in [-0.2, 0) is 25.7 Å². The average molecular weight is 653 g/mol. The molecule has 0 spiro atoms. The third-order valence-corrected chi connectivity index (χ3v) is 10.2. The van der Waals surface area contributed by atoms with Gasteiger partial charge in [-0.15, -0.1) is 0 Å². The van der Waals surface area contributed by atoms with Gasteiger partial charge in [0, 0.05) is 21.5 Å². The first kappa shape index (κ1) is 27.6. The van der Waals surface area contributed by atoms with E-state index in [1.54, 1.807) is 0 Å². The van der Waals surface area contributed by atoms with E-state index >= 15 is 0 Å². The van der Waals surface area contributed by atoms with Gasteiger partial charge in [0.25, 0.3) is 0 Å². The van der Waals surface area contributed by atoms with Crippen molar-refractivity contribution >= 4 is 43.6 Å². The largest absolute Gasteiger partial charge is 0.455 e. The first-order valence-electron chi connectivity index (χ1n) is 17.0. The van der Waals surface area contributed by atoms with Crippen LogP contribution in [0, 0.1) is 0 Å². The molecule has 8 nitrogen and oxygen atoms in total. The Morgan fingerprint density at radius 1 is 0.340 bits per heavy atom. The minimum atomic E-state index is -0.00387. The molecule has 0 fully saturated rings. The van der Waals surface area contributed by atoms with Crippen LogP contribution in [0.1, 0.15) is 22.3 Å². The Kier molecular flexibility index (Phi) is 5.87. The highest BCUT2D eigenvalue weighted by Gasteiger charge is 2.25. The predicted octanol–water partition coefficient (Wildman–Crippen LogP) is 8.55. The molecule has 2 aliphatic carbocycles. The van der Waals surface area contributed by atoms with Crippen LogP contribution in [0.5, 0.6) is 23.0 Å². The maximum absolute atomic E-state index is 6.32. The summed E-state index contributed by atoms with van der Waals surface area (Å²) in [6.45, 7) is -0.00773. The van der Waals surface area contributed by atoms with Crippen LogP contribution in [0.4, 0.5) is 0 Å². The van der Waals surface area contributed by atoms with Crippen molar-refractivity contribution in [1.29, 1.82) is 0 Å². The molecule has 0 radical (unpaired) electrons. The summed E-state index contributed by atoms with van der Waals surface area (Å²) < 4.78 is 25.3. The van der Waals surface area contributed by atoms with E-state index in [1.165, 1.54) is 0 Å². The van der Waals surface area contributed by atoms with Gasteiger partial charge < -0.3 is 18.9 Å². The van der Waals surface area contributed by atoms with Gasteiger partial charge in [-0.1, -0.05) is 48.5 Å². The molecule has 5 heterocycles. The SMILES string of the molecule is c1cc2c3nc4c(cc3c1)CCc1cc3cccc(c3nc1-4)OCOc1cccc3cc4c(nc13)-c1nc3c(cccc3cc1CC4)OCO2. The smallest absolute Gasteiger partial charge is 0.231 e. The second-order valence-electron chi connectivity index (χ2n) is 13.1. The van der Waals surface area contributed by atoms with Gasteiger partial charge in [0.2, 0.25) is 13.6 Å². The molecule has 4 aromatic carbocycles. The molecule has 0 saturated carbocycles. The number of hydrogen-bond acceptors (Lipinski definition) is 8. The second kappa shape index (κ2) is 10.6. The zero-order valence-electron chi connectivity index (χ0n) is 26.9. The van der Waals surface area contributed by atoms with Gasteiger partial charge in [0.1, 0.15) is 45.1 Å². The molecule has 0 N–H and O–H groups in total. The normalized spacial score (nSPS) is 14.6. The van der Waals surface area contributed by atoms with E-state index in [2.05, 4.69) is 48.5 Å². The van der Waals surface area contributed by atoms with Crippen LogP contribution in [-0.4, -0.2) is 33.5 Å². The zero-order valence-corrected chi connectivity index (χ0v) is 26.9. The van der Waals surface area contributed by atoms with Crippen molar-refractivity contribution in [2.75, 3.05) is 13.6 Å². The van der Waals surface area contributed by atoms with E-state index in [0.29, 0.717) is 23.0 Å². The van der Waals surface area contributed by atoms with Crippen LogP contribution < -0.4 is 18.9 Å². The first-order chi connectivity index (χ1) is 24.7. The van der Waals surface area contributed by atoms with Crippen LogP contribution in [0.15, 0.2) is 97.1 Å². The van der Waals surface area contributed by atoms with Gasteiger partial charge in [-0.05, 0) is 96.5 Å². The fourth-order valence-corrected chi connectivity index (χ4v) is 7.76. The molecule has 1 aliphatic heterocycles. The van der Waals surface area contributed by atoms with Gasteiger partial charge in [0.15, 0.2) is 0 Å². The molecule has 50 heavy (non-hydrogen) atoms. The second-order valence-corrected chi connectivity index (χ2v) is 13.1. The van der Waals surface area contributed by atoms with Crippen molar-refractivity contribution < 1.29 is 18.9 Å². The highest BCUT2D eigenvalue weighted by Crippen LogP contribution is 2.40. The number of para-hydroxylation sites is 4. The lowest BCUT2D eigenvalue weighted by atomic mass is 9.90. The number of ether oxygens (including phenoxy) is 4. The lowest BCUT2D eigenvalue weighted by Crippen LogP contribution is -2.11. The molecule has 4 aromatic heterocycles. The van der Waals surface area contributed by atoms with Gasteiger partial charge >= 0.3 is 0 Å². The first-order valence-corrected chi connectivity index (χ1v) is 17.0. The number of nitrogens with zero attached hydrogens (tertiary/aromatic N) is 4. The number of benzene rings is 4. The van der Waals surface area contributed by atoms with Crippen LogP contribution in [0.3, 0.4) is 0 Å². The van der Waals surface area contributed by atoms with Gasteiger partial charge in [-0.3, -0.25) is 0 Å². The van der Waals surface area contributed by atoms with Gasteiger partial charge in [0.05, 0.1) is 22.8 Å². The maximum Gasteiger partial charge on any atom is 0.231 e. The van der Waals surface area contributed by atoms with Gasteiger partial charge in [-0.25, -0.2) is 19.9 Å². The summed E-state index contributed by atoms with van der Waals surface area (Å²) in [6, 6.07) is 32.9. The van der Waals surface area contributed by atoms with Crippen molar-refractivity contribution in [2.24, 2.45) is 0 Å². The highest BCUT2D eigenvalue weighted by atomic mass is 16.7. The Labute approximate surface area is 286 Å². The lowest BCUT2D eigenvalue weighted by Gasteiger charge is -2.22. The van der Waals surface area contributed by atoms with E-state index in [9.17, 15) is 0 Å². The van der Waals surface area contributed by atoms with Crippen molar-refractivity contribution in [3.05, 3.63) is 119 Å². The van der Waals surface area contributed by atoms with Gasteiger partial charge in [-0.2, -0.15) is 0 Å². The summed E-state index contributed by atoms with van der Waals surface area (Å²) in [5.41, 5.74) is 11.2. The molecule has 8 bridgehead atoms. The molecular weight excluding hydrogens is 624 g/mol. The molecule has 0 saturated heterocycles. The minimum Gasteiger partial charge on any atom is -0.455 e. The molecule has 8 heteroatoms. The molecule has 0 atom stereocenters. The summed E-state index contributed by atoms with van der Waals surface area (Å²) >= 11 is 0. The third kappa shape index (κ3) is 4.24. The Balaban J connectivity index is 1.11. The fraction of sp³-hybridized carbons (Fsp3) is 0.143. The summed E-state index contributed by atoms with van der Waals surface area (Å²) in [4.78, 5) is 20.8. The Morgan fingerprint density at radius 2 is 0.600 bits per heavy atom. The summed E-state index contributed by atoms with van der Waals surface area (Å²) in [7, 11) is 0. The molecule has 3 aliphatic rings. The Hall–Kier alpha value is -6.28. The number of rotatable bonds is 0. The maximum atomic E-state index is 6.32. The molecule has 240 valence electrons. The number of pyridine rings is 4. The lowest BCUT2D eigenvalue weighted by molar-refractivity contribution is 0.122. The molecule has 0 unspecified atom stereocenters. The molecule has 11 rings (SSSR count). The van der Waals surface area contributed by atoms with E-state index in [1.807, 2.05) is 48.5 Å². The molecular formula is C42H28N4O4. The fourth-order valence-electron chi connectivity index (χ4n) is 7.76. The average Bonchev–Trinajstić information content (AvgIpc) is 3.15. The topological polar surface area (TPSA) is 88.5 Å². The van der Waals surface area contributed by atoms with Crippen LogP contribution in [0.25, 0.3) is 66.4 Å². The quantitative estimate of drug-likeness (QED) is 0.161. The van der Waals surface area contributed by atoms with Crippen molar-refractivity contribution in [1.82, 2.24) is 19.9 Å². The molecule has 8 aromatic rings. The highest BCUT2D eigenvalue weighted by molar-refractivity contribution is 5.93. The minimum absolute atomic E-state index is 0.00387.